The molecular formula is C22H42N2. The van der Waals surface area contributed by atoms with E-state index < -0.39 is 0 Å². The van der Waals surface area contributed by atoms with Gasteiger partial charge in [-0.25, -0.2) is 0 Å². The number of piperidine rings is 1. The van der Waals surface area contributed by atoms with E-state index in [1.54, 1.807) is 0 Å². The molecule has 3 aliphatic rings. The second kappa shape index (κ2) is 6.58. The summed E-state index contributed by atoms with van der Waals surface area (Å²) < 4.78 is 0. The number of hydrogen-bond donors (Lipinski definition) is 0. The molecular weight excluding hydrogens is 292 g/mol. The van der Waals surface area contributed by atoms with Crippen LogP contribution in [0.2, 0.25) is 0 Å². The molecule has 3 fully saturated rings. The lowest BCUT2D eigenvalue weighted by Crippen LogP contribution is -2.62. The first-order valence-corrected chi connectivity index (χ1v) is 10.5. The molecule has 1 saturated carbocycles. The molecule has 0 amide bonds. The maximum absolute atomic E-state index is 2.79. The molecule has 0 aromatic heterocycles. The third-order valence-electron chi connectivity index (χ3n) is 7.48. The van der Waals surface area contributed by atoms with E-state index in [-0.39, 0.29) is 0 Å². The largest absolute Gasteiger partial charge is 0.302 e. The summed E-state index contributed by atoms with van der Waals surface area (Å²) in [5.41, 5.74) is 1.56. The summed E-state index contributed by atoms with van der Waals surface area (Å²) in [5, 5.41) is 0. The summed E-state index contributed by atoms with van der Waals surface area (Å²) in [6, 6.07) is 0. The molecule has 3 rings (SSSR count). The highest BCUT2D eigenvalue weighted by atomic mass is 15.2. The predicted molar refractivity (Wildman–Crippen MR) is 104 cm³/mol. The molecule has 2 nitrogen and oxygen atoms in total. The topological polar surface area (TPSA) is 6.48 Å². The fourth-order valence-corrected chi connectivity index (χ4v) is 5.58. The molecule has 0 radical (unpaired) electrons. The highest BCUT2D eigenvalue weighted by Crippen LogP contribution is 2.44. The standard InChI is InChI=1S/C22H42N2/c1-20(2,3)19-9-7-18(8-10-19)15-23-16-22(17-23)11-13-24(14-12-22)21(4,5)6/h18-19H,7-17H2,1-6H3. The summed E-state index contributed by atoms with van der Waals surface area (Å²) in [5.74, 6) is 1.94. The van der Waals surface area contributed by atoms with Crippen molar-refractivity contribution in [3.63, 3.8) is 0 Å². The minimum atomic E-state index is 0.358. The van der Waals surface area contributed by atoms with Gasteiger partial charge in [-0.1, -0.05) is 20.8 Å². The number of likely N-dealkylation sites (tertiary alicyclic amines) is 2. The molecule has 0 unspecified atom stereocenters. The van der Waals surface area contributed by atoms with Gasteiger partial charge in [0.15, 0.2) is 0 Å². The van der Waals surface area contributed by atoms with Crippen molar-refractivity contribution in [1.29, 1.82) is 0 Å². The van der Waals surface area contributed by atoms with E-state index in [9.17, 15) is 0 Å². The van der Waals surface area contributed by atoms with Crippen LogP contribution in [0.1, 0.15) is 80.1 Å². The van der Waals surface area contributed by atoms with Crippen molar-refractivity contribution in [2.75, 3.05) is 32.7 Å². The normalized spacial score (nSPS) is 32.8. The average molecular weight is 335 g/mol. The molecule has 1 spiro atoms. The van der Waals surface area contributed by atoms with Gasteiger partial charge in [0, 0.05) is 25.2 Å². The van der Waals surface area contributed by atoms with Gasteiger partial charge in [0.1, 0.15) is 0 Å². The zero-order valence-corrected chi connectivity index (χ0v) is 17.3. The number of hydrogen-bond acceptors (Lipinski definition) is 2. The quantitative estimate of drug-likeness (QED) is 0.698. The van der Waals surface area contributed by atoms with Gasteiger partial charge in [0.05, 0.1) is 0 Å². The van der Waals surface area contributed by atoms with E-state index in [0.29, 0.717) is 16.4 Å². The van der Waals surface area contributed by atoms with Crippen molar-refractivity contribution in [3.05, 3.63) is 0 Å². The average Bonchev–Trinajstić information content (AvgIpc) is 2.45. The zero-order valence-electron chi connectivity index (χ0n) is 17.3. The van der Waals surface area contributed by atoms with Crippen LogP contribution in [0.15, 0.2) is 0 Å². The minimum Gasteiger partial charge on any atom is -0.302 e. The van der Waals surface area contributed by atoms with E-state index >= 15 is 0 Å². The van der Waals surface area contributed by atoms with Gasteiger partial charge in [0.25, 0.3) is 0 Å². The van der Waals surface area contributed by atoms with E-state index in [1.165, 1.54) is 71.2 Å². The van der Waals surface area contributed by atoms with Crippen molar-refractivity contribution in [2.45, 2.75) is 85.6 Å². The molecule has 0 N–H and O–H groups in total. The Bertz CT molecular complexity index is 401. The molecule has 2 aliphatic heterocycles. The first kappa shape index (κ1) is 18.7. The van der Waals surface area contributed by atoms with Crippen molar-refractivity contribution >= 4 is 0 Å². The Morgan fingerprint density at radius 3 is 1.83 bits per heavy atom. The SMILES string of the molecule is CC(C)(C)C1CCC(CN2CC3(CCN(C(C)(C)C)CC3)C2)CC1. The molecule has 0 aromatic carbocycles. The Morgan fingerprint density at radius 2 is 1.38 bits per heavy atom. The molecule has 1 aliphatic carbocycles. The molecule has 0 atom stereocenters. The van der Waals surface area contributed by atoms with Crippen LogP contribution in [0.25, 0.3) is 0 Å². The molecule has 24 heavy (non-hydrogen) atoms. The van der Waals surface area contributed by atoms with Crippen LogP contribution >= 0.6 is 0 Å². The van der Waals surface area contributed by atoms with Gasteiger partial charge in [-0.3, -0.25) is 4.90 Å². The molecule has 2 heteroatoms. The van der Waals surface area contributed by atoms with Crippen molar-refractivity contribution in [2.24, 2.45) is 22.7 Å². The number of rotatable bonds is 2. The van der Waals surface area contributed by atoms with Gasteiger partial charge < -0.3 is 4.90 Å². The lowest BCUT2D eigenvalue weighted by atomic mass is 9.68. The zero-order chi connectivity index (χ0) is 17.6. The second-order valence-corrected chi connectivity index (χ2v) is 11.4. The third kappa shape index (κ3) is 4.18. The maximum atomic E-state index is 2.79. The highest BCUT2D eigenvalue weighted by Gasteiger charge is 2.46. The van der Waals surface area contributed by atoms with Crippen LogP contribution in [0, 0.1) is 22.7 Å². The fraction of sp³-hybridized carbons (Fsp3) is 1.00. The van der Waals surface area contributed by atoms with Crippen LogP contribution < -0.4 is 0 Å². The van der Waals surface area contributed by atoms with E-state index in [4.69, 9.17) is 0 Å². The van der Waals surface area contributed by atoms with Crippen LogP contribution in [-0.4, -0.2) is 48.1 Å². The van der Waals surface area contributed by atoms with Gasteiger partial charge in [-0.05, 0) is 95.1 Å². The smallest absolute Gasteiger partial charge is 0.0125 e. The van der Waals surface area contributed by atoms with E-state index in [2.05, 4.69) is 51.3 Å². The van der Waals surface area contributed by atoms with Gasteiger partial charge in [-0.2, -0.15) is 0 Å². The fourth-order valence-electron chi connectivity index (χ4n) is 5.58. The van der Waals surface area contributed by atoms with E-state index in [0.717, 1.165) is 11.8 Å². The summed E-state index contributed by atoms with van der Waals surface area (Å²) in [6.07, 6.45) is 8.74. The van der Waals surface area contributed by atoms with Crippen LogP contribution in [0.4, 0.5) is 0 Å². The Morgan fingerprint density at radius 1 is 0.833 bits per heavy atom. The molecule has 2 heterocycles. The second-order valence-electron chi connectivity index (χ2n) is 11.4. The van der Waals surface area contributed by atoms with Crippen molar-refractivity contribution in [3.8, 4) is 0 Å². The first-order valence-electron chi connectivity index (χ1n) is 10.5. The molecule has 0 bridgehead atoms. The highest BCUT2D eigenvalue weighted by molar-refractivity contribution is 5.00. The molecule has 0 aromatic rings. The Balaban J connectivity index is 1.38. The third-order valence-corrected chi connectivity index (χ3v) is 7.48. The van der Waals surface area contributed by atoms with Crippen molar-refractivity contribution in [1.82, 2.24) is 9.80 Å². The van der Waals surface area contributed by atoms with Crippen LogP contribution in [0.3, 0.4) is 0 Å². The van der Waals surface area contributed by atoms with Crippen molar-refractivity contribution < 1.29 is 0 Å². The monoisotopic (exact) mass is 334 g/mol. The Hall–Kier alpha value is -0.0800. The lowest BCUT2D eigenvalue weighted by Gasteiger charge is -2.56. The van der Waals surface area contributed by atoms with Gasteiger partial charge in [-0.15, -0.1) is 0 Å². The number of nitrogens with zero attached hydrogens (tertiary/aromatic N) is 2. The predicted octanol–water partition coefficient (Wildman–Crippen LogP) is 5.04. The summed E-state index contributed by atoms with van der Waals surface area (Å²) in [4.78, 5) is 5.48. The summed E-state index contributed by atoms with van der Waals surface area (Å²) in [7, 11) is 0. The maximum Gasteiger partial charge on any atom is 0.0125 e. The molecule has 2 saturated heterocycles. The Labute approximate surface area is 151 Å². The Kier molecular flexibility index (Phi) is 5.13. The van der Waals surface area contributed by atoms with Crippen LogP contribution in [-0.2, 0) is 0 Å². The minimum absolute atomic E-state index is 0.358. The molecule has 140 valence electrons. The summed E-state index contributed by atoms with van der Waals surface area (Å²) >= 11 is 0. The summed E-state index contributed by atoms with van der Waals surface area (Å²) in [6.45, 7) is 21.2. The van der Waals surface area contributed by atoms with Gasteiger partial charge in [0.2, 0.25) is 0 Å². The van der Waals surface area contributed by atoms with E-state index in [1.807, 2.05) is 0 Å². The lowest BCUT2D eigenvalue weighted by molar-refractivity contribution is -0.0701. The van der Waals surface area contributed by atoms with Crippen LogP contribution in [0.5, 0.6) is 0 Å². The first-order chi connectivity index (χ1) is 11.1. The van der Waals surface area contributed by atoms with Gasteiger partial charge >= 0.3 is 0 Å².